The van der Waals surface area contributed by atoms with Gasteiger partial charge in [0, 0.05) is 18.3 Å². The summed E-state index contributed by atoms with van der Waals surface area (Å²) in [6.45, 7) is 5.40. The Kier molecular flexibility index (Phi) is 5.26. The van der Waals surface area contributed by atoms with Crippen molar-refractivity contribution in [3.63, 3.8) is 0 Å². The van der Waals surface area contributed by atoms with Crippen LogP contribution in [0.5, 0.6) is 0 Å². The molecule has 1 amide bonds. The number of amides is 1. The predicted octanol–water partition coefficient (Wildman–Crippen LogP) is 2.61. The summed E-state index contributed by atoms with van der Waals surface area (Å²) in [5.74, 6) is 0.380. The van der Waals surface area contributed by atoms with Gasteiger partial charge in [-0.2, -0.15) is 0 Å². The molecule has 0 radical (unpaired) electrons. The normalized spacial score (nSPS) is 20.1. The van der Waals surface area contributed by atoms with E-state index in [0.29, 0.717) is 25.6 Å². The van der Waals surface area contributed by atoms with Crippen molar-refractivity contribution in [3.8, 4) is 0 Å². The predicted molar refractivity (Wildman–Crippen MR) is 93.8 cm³/mol. The van der Waals surface area contributed by atoms with E-state index in [1.54, 1.807) is 12.4 Å². The van der Waals surface area contributed by atoms with Gasteiger partial charge in [0.05, 0.1) is 25.7 Å². The molecule has 1 aliphatic heterocycles. The third kappa shape index (κ3) is 4.42. The van der Waals surface area contributed by atoms with Crippen molar-refractivity contribution in [2.24, 2.45) is 5.92 Å². The minimum atomic E-state index is 0.0650. The summed E-state index contributed by atoms with van der Waals surface area (Å²) in [4.78, 5) is 16.5. The van der Waals surface area contributed by atoms with Crippen molar-refractivity contribution < 1.29 is 9.53 Å². The fraction of sp³-hybridized carbons (Fsp3) is 0.400. The third-order valence-corrected chi connectivity index (χ3v) is 4.44. The molecule has 3 rings (SSSR count). The minimum Gasteiger partial charge on any atom is -0.379 e. The number of carbonyl (C=O) groups excluding carboxylic acids is 1. The van der Waals surface area contributed by atoms with E-state index in [1.807, 2.05) is 12.1 Å². The molecule has 0 spiro atoms. The second kappa shape index (κ2) is 7.58. The number of nitrogens with zero attached hydrogens (tertiary/aromatic N) is 1. The lowest BCUT2D eigenvalue weighted by Crippen LogP contribution is -2.41. The first-order valence-corrected chi connectivity index (χ1v) is 8.43. The average Bonchev–Trinajstić information content (AvgIpc) is 2.94. The molecule has 4 nitrogen and oxygen atoms in total. The first kappa shape index (κ1) is 16.7. The van der Waals surface area contributed by atoms with Crippen molar-refractivity contribution >= 4 is 5.91 Å². The largest absolute Gasteiger partial charge is 0.379 e. The number of ether oxygens (including phenoxy) is 1. The zero-order chi connectivity index (χ0) is 16.9. The lowest BCUT2D eigenvalue weighted by Gasteiger charge is -2.19. The lowest BCUT2D eigenvalue weighted by molar-refractivity contribution is -0.121. The maximum absolute atomic E-state index is 12.4. The van der Waals surface area contributed by atoms with E-state index in [9.17, 15) is 4.79 Å². The molecule has 0 bridgehead atoms. The number of pyridine rings is 1. The van der Waals surface area contributed by atoms with Gasteiger partial charge in [-0.1, -0.05) is 29.3 Å². The highest BCUT2D eigenvalue weighted by Gasteiger charge is 2.29. The van der Waals surface area contributed by atoms with Crippen LogP contribution in [0.25, 0.3) is 0 Å². The SMILES string of the molecule is Cc1cc(C)cc(CC(=O)N[C@H]2COC[C@H]2Cc2ccncc2)c1. The van der Waals surface area contributed by atoms with Crippen LogP contribution in [0.4, 0.5) is 0 Å². The Balaban J connectivity index is 1.58. The molecule has 0 saturated carbocycles. The Morgan fingerprint density at radius 1 is 1.12 bits per heavy atom. The number of aromatic nitrogens is 1. The molecular weight excluding hydrogens is 300 g/mol. The van der Waals surface area contributed by atoms with Crippen LogP contribution in [0.3, 0.4) is 0 Å². The second-order valence-electron chi connectivity index (χ2n) is 6.70. The van der Waals surface area contributed by atoms with Gasteiger partial charge in [0.1, 0.15) is 0 Å². The standard InChI is InChI=1S/C20H24N2O2/c1-14-7-15(2)9-17(8-14)11-20(23)22-19-13-24-12-18(19)10-16-3-5-21-6-4-16/h3-9,18-19H,10-13H2,1-2H3,(H,22,23)/t18-,19+/m1/s1. The number of benzene rings is 1. The monoisotopic (exact) mass is 324 g/mol. The van der Waals surface area contributed by atoms with Crippen LogP contribution >= 0.6 is 0 Å². The molecule has 0 aliphatic carbocycles. The van der Waals surface area contributed by atoms with Crippen LogP contribution < -0.4 is 5.32 Å². The van der Waals surface area contributed by atoms with Gasteiger partial charge in [0.15, 0.2) is 0 Å². The van der Waals surface area contributed by atoms with E-state index in [0.717, 1.165) is 12.0 Å². The van der Waals surface area contributed by atoms with Crippen molar-refractivity contribution in [3.05, 3.63) is 65.0 Å². The van der Waals surface area contributed by atoms with Crippen molar-refractivity contribution in [1.82, 2.24) is 10.3 Å². The van der Waals surface area contributed by atoms with Gasteiger partial charge in [-0.3, -0.25) is 9.78 Å². The molecule has 2 atom stereocenters. The summed E-state index contributed by atoms with van der Waals surface area (Å²) in [6, 6.07) is 10.4. The Labute approximate surface area is 143 Å². The van der Waals surface area contributed by atoms with Crippen LogP contribution in [-0.2, 0) is 22.4 Å². The lowest BCUT2D eigenvalue weighted by atomic mass is 9.95. The van der Waals surface area contributed by atoms with Crippen molar-refractivity contribution in [2.75, 3.05) is 13.2 Å². The number of carbonyl (C=O) groups is 1. The summed E-state index contributed by atoms with van der Waals surface area (Å²) < 4.78 is 5.60. The minimum absolute atomic E-state index is 0.0650. The average molecular weight is 324 g/mol. The summed E-state index contributed by atoms with van der Waals surface area (Å²) in [5, 5.41) is 3.16. The maximum Gasteiger partial charge on any atom is 0.224 e. The zero-order valence-corrected chi connectivity index (χ0v) is 14.3. The summed E-state index contributed by atoms with van der Waals surface area (Å²) in [5.41, 5.74) is 4.68. The molecule has 1 aliphatic rings. The molecule has 126 valence electrons. The number of nitrogens with one attached hydrogen (secondary N) is 1. The Hall–Kier alpha value is -2.20. The first-order chi connectivity index (χ1) is 11.6. The van der Waals surface area contributed by atoms with E-state index < -0.39 is 0 Å². The fourth-order valence-corrected chi connectivity index (χ4v) is 3.40. The zero-order valence-electron chi connectivity index (χ0n) is 14.3. The summed E-state index contributed by atoms with van der Waals surface area (Å²) in [6.07, 6.45) is 4.93. The van der Waals surface area contributed by atoms with Crippen LogP contribution in [0.1, 0.15) is 22.3 Å². The van der Waals surface area contributed by atoms with Crippen LogP contribution in [0, 0.1) is 19.8 Å². The number of rotatable bonds is 5. The van der Waals surface area contributed by atoms with Gasteiger partial charge in [-0.25, -0.2) is 0 Å². The maximum atomic E-state index is 12.4. The smallest absolute Gasteiger partial charge is 0.224 e. The van der Waals surface area contributed by atoms with Crippen LogP contribution in [0.15, 0.2) is 42.7 Å². The molecule has 1 N–H and O–H groups in total. The second-order valence-corrected chi connectivity index (χ2v) is 6.70. The molecule has 1 aromatic heterocycles. The molecule has 4 heteroatoms. The summed E-state index contributed by atoms with van der Waals surface area (Å²) in [7, 11) is 0. The molecule has 1 aromatic carbocycles. The quantitative estimate of drug-likeness (QED) is 0.920. The van der Waals surface area contributed by atoms with E-state index in [2.05, 4.69) is 42.3 Å². The molecular formula is C20H24N2O2. The highest BCUT2D eigenvalue weighted by Crippen LogP contribution is 2.19. The Bertz CT molecular complexity index is 680. The topological polar surface area (TPSA) is 51.2 Å². The van der Waals surface area contributed by atoms with Gasteiger partial charge in [-0.15, -0.1) is 0 Å². The van der Waals surface area contributed by atoms with E-state index in [1.165, 1.54) is 16.7 Å². The van der Waals surface area contributed by atoms with E-state index >= 15 is 0 Å². The van der Waals surface area contributed by atoms with Crippen LogP contribution in [-0.4, -0.2) is 30.1 Å². The highest BCUT2D eigenvalue weighted by molar-refractivity contribution is 5.79. The van der Waals surface area contributed by atoms with Crippen molar-refractivity contribution in [2.45, 2.75) is 32.7 Å². The molecule has 24 heavy (non-hydrogen) atoms. The van der Waals surface area contributed by atoms with Crippen LogP contribution in [0.2, 0.25) is 0 Å². The Morgan fingerprint density at radius 2 is 1.83 bits per heavy atom. The van der Waals surface area contributed by atoms with Crippen molar-refractivity contribution in [1.29, 1.82) is 0 Å². The Morgan fingerprint density at radius 3 is 2.54 bits per heavy atom. The van der Waals surface area contributed by atoms with Gasteiger partial charge < -0.3 is 10.1 Å². The molecule has 2 aromatic rings. The van der Waals surface area contributed by atoms with Gasteiger partial charge in [-0.05, 0) is 43.5 Å². The number of hydrogen-bond acceptors (Lipinski definition) is 3. The first-order valence-electron chi connectivity index (χ1n) is 8.43. The molecule has 1 fully saturated rings. The van der Waals surface area contributed by atoms with Gasteiger partial charge in [0.25, 0.3) is 0 Å². The highest BCUT2D eigenvalue weighted by atomic mass is 16.5. The van der Waals surface area contributed by atoms with Gasteiger partial charge in [0.2, 0.25) is 5.91 Å². The number of aryl methyl sites for hydroxylation is 2. The number of hydrogen-bond donors (Lipinski definition) is 1. The van der Waals surface area contributed by atoms with E-state index in [4.69, 9.17) is 4.74 Å². The molecule has 0 unspecified atom stereocenters. The fourth-order valence-electron chi connectivity index (χ4n) is 3.40. The van der Waals surface area contributed by atoms with E-state index in [-0.39, 0.29) is 11.9 Å². The summed E-state index contributed by atoms with van der Waals surface area (Å²) >= 11 is 0. The molecule has 1 saturated heterocycles. The third-order valence-electron chi connectivity index (χ3n) is 4.44. The van der Waals surface area contributed by atoms with Gasteiger partial charge >= 0.3 is 0 Å². The molecule has 2 heterocycles.